The van der Waals surface area contributed by atoms with Crippen LogP contribution in [0.15, 0.2) is 60.0 Å². The topological polar surface area (TPSA) is 129 Å². The van der Waals surface area contributed by atoms with Crippen molar-refractivity contribution in [3.8, 4) is 16.4 Å². The highest BCUT2D eigenvalue weighted by Crippen LogP contribution is 2.26. The molecule has 0 saturated heterocycles. The lowest BCUT2D eigenvalue weighted by atomic mass is 10.1. The molecule has 0 fully saturated rings. The third-order valence-electron chi connectivity index (χ3n) is 4.71. The predicted octanol–water partition coefficient (Wildman–Crippen LogP) is 4.15. The molecule has 1 N–H and O–H groups in total. The van der Waals surface area contributed by atoms with Crippen LogP contribution < -0.4 is 5.32 Å². The molecule has 4 aromatic rings. The zero-order valence-corrected chi connectivity index (χ0v) is 18.4. The van der Waals surface area contributed by atoms with Crippen LogP contribution >= 0.6 is 11.3 Å². The predicted molar refractivity (Wildman–Crippen MR) is 121 cm³/mol. The second-order valence-corrected chi connectivity index (χ2v) is 7.90. The second-order valence-electron chi connectivity index (χ2n) is 6.96. The number of benzene rings is 2. The number of nitro groups is 1. The van der Waals surface area contributed by atoms with Crippen LogP contribution in [0, 0.1) is 22.9 Å². The van der Waals surface area contributed by atoms with Crippen molar-refractivity contribution >= 4 is 34.6 Å². The molecule has 0 radical (unpaired) electrons. The standard InChI is InChI=1S/C22H16FN5O5S/c1-13-16(4-2-5-17(13)28(31)32)24-19(29)12-33-22(30)20-25-21(18-6-3-11-34-18)27(26-20)15-9-7-14(23)8-10-15/h2-11H,12H2,1H3,(H,24,29). The highest BCUT2D eigenvalue weighted by Gasteiger charge is 2.22. The lowest BCUT2D eigenvalue weighted by Gasteiger charge is -2.08. The van der Waals surface area contributed by atoms with Crippen molar-refractivity contribution in [3.63, 3.8) is 0 Å². The summed E-state index contributed by atoms with van der Waals surface area (Å²) >= 11 is 1.38. The summed E-state index contributed by atoms with van der Waals surface area (Å²) in [4.78, 5) is 40.3. The molecule has 0 unspecified atom stereocenters. The number of aromatic nitrogens is 3. The summed E-state index contributed by atoms with van der Waals surface area (Å²) in [7, 11) is 0. The first-order valence-corrected chi connectivity index (χ1v) is 10.7. The smallest absolute Gasteiger partial charge is 0.378 e. The highest BCUT2D eigenvalue weighted by molar-refractivity contribution is 7.13. The number of anilines is 1. The quantitative estimate of drug-likeness (QED) is 0.238. The molecule has 34 heavy (non-hydrogen) atoms. The Balaban J connectivity index is 1.50. The SMILES string of the molecule is Cc1c(NC(=O)COC(=O)c2nc(-c3cccs3)n(-c3ccc(F)cc3)n2)cccc1[N+](=O)[O-]. The fraction of sp³-hybridized carbons (Fsp3) is 0.0909. The first-order valence-electron chi connectivity index (χ1n) is 9.81. The van der Waals surface area contributed by atoms with E-state index in [1.54, 1.807) is 6.07 Å². The lowest BCUT2D eigenvalue weighted by Crippen LogP contribution is -2.22. The number of carbonyl (C=O) groups excluding carboxylic acids is 2. The number of rotatable bonds is 7. The number of hydrogen-bond acceptors (Lipinski definition) is 8. The molecule has 172 valence electrons. The number of carbonyl (C=O) groups is 2. The van der Waals surface area contributed by atoms with E-state index in [9.17, 15) is 24.1 Å². The highest BCUT2D eigenvalue weighted by atomic mass is 32.1. The van der Waals surface area contributed by atoms with E-state index in [0.717, 1.165) is 4.88 Å². The Morgan fingerprint density at radius 2 is 1.94 bits per heavy atom. The van der Waals surface area contributed by atoms with Crippen molar-refractivity contribution in [2.75, 3.05) is 11.9 Å². The molecule has 0 aliphatic carbocycles. The second kappa shape index (κ2) is 9.58. The molecular weight excluding hydrogens is 465 g/mol. The molecule has 0 aliphatic heterocycles. The molecule has 2 aromatic carbocycles. The number of nitrogens with one attached hydrogen (secondary N) is 1. The number of esters is 1. The molecule has 0 bridgehead atoms. The molecule has 0 aliphatic rings. The van der Waals surface area contributed by atoms with Crippen molar-refractivity contribution in [2.24, 2.45) is 0 Å². The van der Waals surface area contributed by atoms with Gasteiger partial charge < -0.3 is 10.1 Å². The molecule has 0 spiro atoms. The molecule has 12 heteroatoms. The first-order chi connectivity index (χ1) is 16.3. The zero-order valence-electron chi connectivity index (χ0n) is 17.6. The summed E-state index contributed by atoms with van der Waals surface area (Å²) in [5.41, 5.74) is 0.836. The third-order valence-corrected chi connectivity index (χ3v) is 5.58. The monoisotopic (exact) mass is 481 g/mol. The minimum Gasteiger partial charge on any atom is -0.450 e. The van der Waals surface area contributed by atoms with Crippen LogP contribution in [-0.2, 0) is 9.53 Å². The summed E-state index contributed by atoms with van der Waals surface area (Å²) in [6, 6.07) is 13.4. The van der Waals surface area contributed by atoms with Crippen LogP contribution in [0.3, 0.4) is 0 Å². The lowest BCUT2D eigenvalue weighted by molar-refractivity contribution is -0.385. The average Bonchev–Trinajstić information content (AvgIpc) is 3.49. The Labute approximate surface area is 195 Å². The minimum atomic E-state index is -0.940. The molecule has 2 heterocycles. The van der Waals surface area contributed by atoms with Crippen molar-refractivity contribution < 1.29 is 23.6 Å². The van der Waals surface area contributed by atoms with E-state index >= 15 is 0 Å². The van der Waals surface area contributed by atoms with Gasteiger partial charge in [-0.3, -0.25) is 14.9 Å². The van der Waals surface area contributed by atoms with Gasteiger partial charge in [0.2, 0.25) is 0 Å². The molecule has 0 atom stereocenters. The normalized spacial score (nSPS) is 10.6. The van der Waals surface area contributed by atoms with Crippen LogP contribution in [0.1, 0.15) is 16.2 Å². The first kappa shape index (κ1) is 22.7. The summed E-state index contributed by atoms with van der Waals surface area (Å²) < 4.78 is 19.8. The number of nitrogens with zero attached hydrogens (tertiary/aromatic N) is 4. The van der Waals surface area contributed by atoms with Gasteiger partial charge in [0.25, 0.3) is 17.4 Å². The van der Waals surface area contributed by atoms with Crippen molar-refractivity contribution in [2.45, 2.75) is 6.92 Å². The van der Waals surface area contributed by atoms with Crippen molar-refractivity contribution in [3.05, 3.63) is 87.3 Å². The number of thiophene rings is 1. The Hall–Kier alpha value is -4.45. The van der Waals surface area contributed by atoms with E-state index in [1.807, 2.05) is 11.4 Å². The van der Waals surface area contributed by atoms with Gasteiger partial charge >= 0.3 is 5.97 Å². The van der Waals surface area contributed by atoms with Gasteiger partial charge in [-0.1, -0.05) is 12.1 Å². The van der Waals surface area contributed by atoms with E-state index in [4.69, 9.17) is 4.74 Å². The molecule has 4 rings (SSSR count). The Kier molecular flexibility index (Phi) is 6.41. The number of halogens is 1. The number of ether oxygens (including phenoxy) is 1. The zero-order chi connectivity index (χ0) is 24.2. The van der Waals surface area contributed by atoms with Crippen LogP contribution in [0.2, 0.25) is 0 Å². The van der Waals surface area contributed by atoms with Crippen LogP contribution in [0.5, 0.6) is 0 Å². The van der Waals surface area contributed by atoms with E-state index in [1.165, 1.54) is 65.4 Å². The van der Waals surface area contributed by atoms with Gasteiger partial charge in [0.05, 0.1) is 26.7 Å². The van der Waals surface area contributed by atoms with Gasteiger partial charge in [0.15, 0.2) is 12.4 Å². The van der Waals surface area contributed by atoms with E-state index in [0.29, 0.717) is 11.5 Å². The van der Waals surface area contributed by atoms with Crippen LogP contribution in [0.25, 0.3) is 16.4 Å². The Morgan fingerprint density at radius 1 is 1.18 bits per heavy atom. The van der Waals surface area contributed by atoms with Gasteiger partial charge in [-0.05, 0) is 48.7 Å². The van der Waals surface area contributed by atoms with E-state index < -0.39 is 29.2 Å². The van der Waals surface area contributed by atoms with Gasteiger partial charge in [-0.2, -0.15) is 4.98 Å². The fourth-order valence-electron chi connectivity index (χ4n) is 3.06. The minimum absolute atomic E-state index is 0.147. The molecule has 0 saturated carbocycles. The number of amides is 1. The Bertz CT molecular complexity index is 1370. The van der Waals surface area contributed by atoms with Gasteiger partial charge in [-0.25, -0.2) is 13.9 Å². The summed E-state index contributed by atoms with van der Waals surface area (Å²) in [5, 5.41) is 19.5. The Morgan fingerprint density at radius 3 is 2.62 bits per heavy atom. The maximum absolute atomic E-state index is 13.3. The molecular formula is C22H16FN5O5S. The number of nitro benzene ring substituents is 1. The number of hydrogen-bond donors (Lipinski definition) is 1. The fourth-order valence-corrected chi connectivity index (χ4v) is 3.76. The van der Waals surface area contributed by atoms with Crippen LogP contribution in [-0.4, -0.2) is 38.2 Å². The maximum Gasteiger partial charge on any atom is 0.378 e. The van der Waals surface area contributed by atoms with Gasteiger partial charge in [0, 0.05) is 6.07 Å². The molecule has 2 aromatic heterocycles. The van der Waals surface area contributed by atoms with Crippen molar-refractivity contribution in [1.82, 2.24) is 14.8 Å². The van der Waals surface area contributed by atoms with Crippen LogP contribution in [0.4, 0.5) is 15.8 Å². The largest absolute Gasteiger partial charge is 0.450 e. The summed E-state index contributed by atoms with van der Waals surface area (Å²) in [5.74, 6) is -1.98. The average molecular weight is 481 g/mol. The van der Waals surface area contributed by atoms with E-state index in [-0.39, 0.29) is 22.8 Å². The van der Waals surface area contributed by atoms with Crippen molar-refractivity contribution in [1.29, 1.82) is 0 Å². The van der Waals surface area contributed by atoms with Gasteiger partial charge in [-0.15, -0.1) is 16.4 Å². The summed E-state index contributed by atoms with van der Waals surface area (Å²) in [6.07, 6.45) is 0. The maximum atomic E-state index is 13.3. The molecule has 1 amide bonds. The molecule has 10 nitrogen and oxygen atoms in total. The van der Waals surface area contributed by atoms with Gasteiger partial charge in [0.1, 0.15) is 5.82 Å². The third kappa shape index (κ3) is 4.81. The summed E-state index contributed by atoms with van der Waals surface area (Å²) in [6.45, 7) is 0.845. The van der Waals surface area contributed by atoms with E-state index in [2.05, 4.69) is 15.4 Å².